The number of amides is 1. The molecule has 0 aliphatic carbocycles. The smallest absolute Gasteiger partial charge is 0.254 e. The van der Waals surface area contributed by atoms with E-state index in [0.29, 0.717) is 18.9 Å². The molecule has 6 nitrogen and oxygen atoms in total. The third-order valence-corrected chi connectivity index (χ3v) is 5.05. The zero-order valence-electron chi connectivity index (χ0n) is 16.2. The summed E-state index contributed by atoms with van der Waals surface area (Å²) < 4.78 is 15.7. The van der Waals surface area contributed by atoms with E-state index < -0.39 is 5.82 Å². The number of fused-ring (bicyclic) bond motifs is 1. The van der Waals surface area contributed by atoms with Crippen LogP contribution in [0.5, 0.6) is 0 Å². The first-order chi connectivity index (χ1) is 14.0. The number of hydrogen-bond donors (Lipinski definition) is 0. The third-order valence-electron chi connectivity index (χ3n) is 5.05. The maximum Gasteiger partial charge on any atom is 0.254 e. The Balaban J connectivity index is 1.72. The molecule has 1 atom stereocenters. The first kappa shape index (κ1) is 18.8. The number of hydrogen-bond acceptors (Lipinski definition) is 4. The summed E-state index contributed by atoms with van der Waals surface area (Å²) in [4.78, 5) is 19.7. The summed E-state index contributed by atoms with van der Waals surface area (Å²) in [5, 5.41) is 13.7. The zero-order chi connectivity index (χ0) is 20.5. The third kappa shape index (κ3) is 3.49. The summed E-state index contributed by atoms with van der Waals surface area (Å²) in [7, 11) is 0. The summed E-state index contributed by atoms with van der Waals surface area (Å²) in [5.41, 5.74) is 1.21. The first-order valence-electron chi connectivity index (χ1n) is 9.49. The van der Waals surface area contributed by atoms with Crippen LogP contribution in [-0.4, -0.2) is 32.1 Å². The monoisotopic (exact) mass is 389 g/mol. The first-order valence-corrected chi connectivity index (χ1v) is 9.49. The van der Waals surface area contributed by atoms with Gasteiger partial charge >= 0.3 is 0 Å². The largest absolute Gasteiger partial charge is 0.326 e. The minimum atomic E-state index is -0.597. The molecule has 0 unspecified atom stereocenters. The molecule has 1 aliphatic rings. The van der Waals surface area contributed by atoms with E-state index >= 15 is 0 Å². The van der Waals surface area contributed by atoms with E-state index in [4.69, 9.17) is 10.2 Å². The van der Waals surface area contributed by atoms with E-state index in [1.807, 2.05) is 54.9 Å². The lowest BCUT2D eigenvalue weighted by molar-refractivity contribution is 0.0536. The van der Waals surface area contributed by atoms with E-state index in [0.717, 1.165) is 17.5 Å². The molecule has 1 amide bonds. The zero-order valence-corrected chi connectivity index (χ0v) is 16.2. The number of nitriles is 1. The molecule has 0 spiro atoms. The summed E-state index contributed by atoms with van der Waals surface area (Å²) in [5.74, 6) is 0.513. The van der Waals surface area contributed by atoms with Crippen LogP contribution in [0.25, 0.3) is 11.4 Å². The Morgan fingerprint density at radius 1 is 1.21 bits per heavy atom. The minimum absolute atomic E-state index is 0.0785. The number of benzene rings is 2. The highest BCUT2D eigenvalue weighted by Gasteiger charge is 2.36. The van der Waals surface area contributed by atoms with Crippen LogP contribution in [0.4, 0.5) is 4.39 Å². The molecule has 146 valence electrons. The van der Waals surface area contributed by atoms with Crippen LogP contribution in [0.3, 0.4) is 0 Å². The lowest BCUT2D eigenvalue weighted by Gasteiger charge is -2.37. The standard InChI is InChI=1S/C22H20FN5O/c1-14(2)19-21-25-20(16-6-4-3-5-7-16)26-28(21)9-8-27(19)22(29)17-10-15(13-24)11-18(23)12-17/h3-7,10-12,14,19H,8-9H2,1-2H3/t19-/m0/s1. The summed E-state index contributed by atoms with van der Waals surface area (Å²) >= 11 is 0. The van der Waals surface area contributed by atoms with Crippen molar-refractivity contribution < 1.29 is 9.18 Å². The summed E-state index contributed by atoms with van der Waals surface area (Å²) in [6, 6.07) is 15.0. The van der Waals surface area contributed by atoms with Gasteiger partial charge in [-0.15, -0.1) is 0 Å². The van der Waals surface area contributed by atoms with E-state index in [-0.39, 0.29) is 29.0 Å². The molecule has 0 saturated carbocycles. The highest BCUT2D eigenvalue weighted by atomic mass is 19.1. The molecule has 1 aliphatic heterocycles. The fourth-order valence-corrected chi connectivity index (χ4v) is 3.76. The molecule has 2 aromatic carbocycles. The van der Waals surface area contributed by atoms with Crippen molar-refractivity contribution in [3.63, 3.8) is 0 Å². The lowest BCUT2D eigenvalue weighted by Crippen LogP contribution is -2.44. The van der Waals surface area contributed by atoms with Gasteiger partial charge in [-0.2, -0.15) is 10.4 Å². The second-order valence-electron chi connectivity index (χ2n) is 7.41. The maximum absolute atomic E-state index is 13.9. The van der Waals surface area contributed by atoms with Crippen molar-refractivity contribution in [3.8, 4) is 17.5 Å². The van der Waals surface area contributed by atoms with Gasteiger partial charge in [-0.05, 0) is 24.1 Å². The molecule has 1 aromatic heterocycles. The van der Waals surface area contributed by atoms with E-state index in [1.54, 1.807) is 4.90 Å². The van der Waals surface area contributed by atoms with Gasteiger partial charge in [-0.3, -0.25) is 4.79 Å². The fraction of sp³-hybridized carbons (Fsp3) is 0.273. The molecule has 0 bridgehead atoms. The van der Waals surface area contributed by atoms with Crippen LogP contribution in [0.1, 0.15) is 41.6 Å². The minimum Gasteiger partial charge on any atom is -0.326 e. The van der Waals surface area contributed by atoms with Gasteiger partial charge in [0, 0.05) is 17.7 Å². The van der Waals surface area contributed by atoms with Gasteiger partial charge in [-0.25, -0.2) is 14.1 Å². The quantitative estimate of drug-likeness (QED) is 0.683. The number of nitrogens with zero attached hydrogens (tertiary/aromatic N) is 5. The van der Waals surface area contributed by atoms with Crippen LogP contribution in [0, 0.1) is 23.1 Å². The van der Waals surface area contributed by atoms with Crippen LogP contribution >= 0.6 is 0 Å². The molecule has 0 saturated heterocycles. The van der Waals surface area contributed by atoms with Gasteiger partial charge in [0.15, 0.2) is 11.6 Å². The molecule has 0 N–H and O–H groups in total. The molecule has 0 fully saturated rings. The summed E-state index contributed by atoms with van der Waals surface area (Å²) in [6.07, 6.45) is 0. The normalized spacial score (nSPS) is 15.8. The van der Waals surface area contributed by atoms with Crippen LogP contribution in [-0.2, 0) is 6.54 Å². The van der Waals surface area contributed by atoms with Crippen LogP contribution in [0.2, 0.25) is 0 Å². The SMILES string of the molecule is CC(C)[C@H]1c2nc(-c3ccccc3)nn2CCN1C(=O)c1cc(F)cc(C#N)c1. The maximum atomic E-state index is 13.9. The number of rotatable bonds is 3. The van der Waals surface area contributed by atoms with Crippen molar-refractivity contribution in [2.24, 2.45) is 5.92 Å². The van der Waals surface area contributed by atoms with Crippen molar-refractivity contribution in [2.75, 3.05) is 6.54 Å². The van der Waals surface area contributed by atoms with Crippen LogP contribution in [0.15, 0.2) is 48.5 Å². The fourth-order valence-electron chi connectivity index (χ4n) is 3.76. The van der Waals surface area contributed by atoms with Gasteiger partial charge in [0.2, 0.25) is 0 Å². The topological polar surface area (TPSA) is 74.8 Å². The van der Waals surface area contributed by atoms with E-state index in [1.165, 1.54) is 12.1 Å². The number of aromatic nitrogens is 3. The van der Waals surface area contributed by atoms with Crippen molar-refractivity contribution >= 4 is 5.91 Å². The molecule has 7 heteroatoms. The van der Waals surface area contributed by atoms with Gasteiger partial charge in [0.25, 0.3) is 5.91 Å². The Kier molecular flexibility index (Phi) is 4.85. The summed E-state index contributed by atoms with van der Waals surface area (Å²) in [6.45, 7) is 4.97. The van der Waals surface area contributed by atoms with E-state index in [9.17, 15) is 9.18 Å². The second-order valence-corrected chi connectivity index (χ2v) is 7.41. The van der Waals surface area contributed by atoms with Crippen molar-refractivity contribution in [3.05, 3.63) is 71.3 Å². The van der Waals surface area contributed by atoms with Crippen molar-refractivity contribution in [1.29, 1.82) is 5.26 Å². The second kappa shape index (κ2) is 7.47. The van der Waals surface area contributed by atoms with Gasteiger partial charge in [0.05, 0.1) is 24.2 Å². The van der Waals surface area contributed by atoms with E-state index in [2.05, 4.69) is 5.10 Å². The van der Waals surface area contributed by atoms with Crippen molar-refractivity contribution in [1.82, 2.24) is 19.7 Å². The Morgan fingerprint density at radius 2 is 1.97 bits per heavy atom. The molecule has 29 heavy (non-hydrogen) atoms. The molecule has 3 aromatic rings. The van der Waals surface area contributed by atoms with Gasteiger partial charge in [0.1, 0.15) is 5.82 Å². The Labute approximate surface area is 168 Å². The predicted molar refractivity (Wildman–Crippen MR) is 105 cm³/mol. The number of halogens is 1. The molecular weight excluding hydrogens is 369 g/mol. The highest BCUT2D eigenvalue weighted by Crippen LogP contribution is 2.33. The van der Waals surface area contributed by atoms with Crippen LogP contribution < -0.4 is 0 Å². The number of carbonyl (C=O) groups is 1. The Hall–Kier alpha value is -3.53. The highest BCUT2D eigenvalue weighted by molar-refractivity contribution is 5.95. The molecule has 4 rings (SSSR count). The Morgan fingerprint density at radius 3 is 2.66 bits per heavy atom. The average molecular weight is 389 g/mol. The molecule has 2 heterocycles. The average Bonchev–Trinajstić information content (AvgIpc) is 3.16. The van der Waals surface area contributed by atoms with Gasteiger partial charge < -0.3 is 4.90 Å². The van der Waals surface area contributed by atoms with Gasteiger partial charge in [-0.1, -0.05) is 44.2 Å². The van der Waals surface area contributed by atoms with Crippen molar-refractivity contribution in [2.45, 2.75) is 26.4 Å². The molecular formula is C22H20FN5O. The predicted octanol–water partition coefficient (Wildman–Crippen LogP) is 3.81. The molecule has 0 radical (unpaired) electrons. The Bertz CT molecular complexity index is 1100. The number of carbonyl (C=O) groups excluding carboxylic acids is 1. The lowest BCUT2D eigenvalue weighted by atomic mass is 9.98.